The number of Topliss-reactive ketones (excluding diaryl/α,β-unsaturated/α-hetero) is 1. The highest BCUT2D eigenvalue weighted by Gasteiger charge is 2.41. The van der Waals surface area contributed by atoms with E-state index in [-0.39, 0.29) is 51.7 Å². The Balaban J connectivity index is 1.62. The minimum Gasteiger partial charge on any atom is -0.507 e. The molecule has 1 aliphatic heterocycles. The van der Waals surface area contributed by atoms with Crippen molar-refractivity contribution in [2.24, 2.45) is 5.92 Å². The summed E-state index contributed by atoms with van der Waals surface area (Å²) in [4.78, 5) is 39.6. The van der Waals surface area contributed by atoms with Crippen LogP contribution in [0.1, 0.15) is 86.1 Å². The fourth-order valence-electron chi connectivity index (χ4n) is 5.25. The first-order chi connectivity index (χ1) is 15.2. The summed E-state index contributed by atoms with van der Waals surface area (Å²) in [7, 11) is 0. The van der Waals surface area contributed by atoms with Crippen LogP contribution in [-0.2, 0) is 11.2 Å². The molecule has 3 aliphatic rings. The lowest BCUT2D eigenvalue weighted by molar-refractivity contribution is -0.163. The minimum absolute atomic E-state index is 0.0385. The second-order valence-corrected chi connectivity index (χ2v) is 9.17. The molecule has 0 aromatic heterocycles. The van der Waals surface area contributed by atoms with Crippen LogP contribution in [0.3, 0.4) is 0 Å². The molecule has 5 atom stereocenters. The molecule has 32 heavy (non-hydrogen) atoms. The van der Waals surface area contributed by atoms with E-state index in [2.05, 4.69) is 0 Å². The van der Waals surface area contributed by atoms with Gasteiger partial charge in [-0.1, -0.05) is 19.1 Å². The van der Waals surface area contributed by atoms with Gasteiger partial charge < -0.3 is 20.1 Å². The number of aliphatic hydroxyl groups is 2. The number of fused-ring (bicyclic) bond motifs is 4. The third kappa shape index (κ3) is 2.96. The fraction of sp³-hybridized carbons (Fsp3) is 0.400. The smallest absolute Gasteiger partial charge is 0.198 e. The lowest BCUT2D eigenvalue weighted by Gasteiger charge is -2.36. The van der Waals surface area contributed by atoms with Crippen molar-refractivity contribution in [3.8, 4) is 5.75 Å². The predicted octanol–water partition coefficient (Wildman–Crippen LogP) is 2.50. The number of hydrogen-bond donors (Lipinski definition) is 3. The third-order valence-electron chi connectivity index (χ3n) is 6.88. The van der Waals surface area contributed by atoms with Crippen LogP contribution in [0.2, 0.25) is 0 Å². The third-order valence-corrected chi connectivity index (χ3v) is 6.88. The first-order valence-electron chi connectivity index (χ1n) is 10.8. The number of benzene rings is 2. The van der Waals surface area contributed by atoms with Crippen LogP contribution in [0.25, 0.3) is 0 Å². The van der Waals surface area contributed by atoms with E-state index < -0.39 is 36.0 Å². The standard InChI is InChI=1S/C25H24O7/c1-10-7-12-3-4-14-20(19(12)16(26)8-10)24(30)15-6-5-13(23(29)21(15)25(14)31)18-9-17(27)22(28)11(2)32-18/h3-6,10-11,17-18,22,27-29H,7-9H2,1-2H3/t10-,11+,17+,18+,22+/m0/s1. The summed E-state index contributed by atoms with van der Waals surface area (Å²) in [5.41, 5.74) is 1.55. The lowest BCUT2D eigenvalue weighted by atomic mass is 9.74. The molecule has 2 aliphatic carbocycles. The topological polar surface area (TPSA) is 121 Å². The molecular weight excluding hydrogens is 412 g/mol. The minimum atomic E-state index is -1.05. The van der Waals surface area contributed by atoms with E-state index in [1.165, 1.54) is 12.1 Å². The summed E-state index contributed by atoms with van der Waals surface area (Å²) in [5, 5.41) is 31.1. The van der Waals surface area contributed by atoms with Gasteiger partial charge in [-0.05, 0) is 37.0 Å². The molecule has 5 rings (SSSR count). The van der Waals surface area contributed by atoms with Crippen molar-refractivity contribution in [2.45, 2.75) is 57.5 Å². The van der Waals surface area contributed by atoms with Gasteiger partial charge in [0.1, 0.15) is 11.9 Å². The Hall–Kier alpha value is -2.87. The van der Waals surface area contributed by atoms with Crippen LogP contribution in [0.4, 0.5) is 0 Å². The molecule has 7 nitrogen and oxygen atoms in total. The number of aromatic hydroxyl groups is 1. The highest BCUT2D eigenvalue weighted by molar-refractivity contribution is 6.32. The first kappa shape index (κ1) is 21.0. The van der Waals surface area contributed by atoms with Gasteiger partial charge in [0.15, 0.2) is 17.3 Å². The normalized spacial score (nSPS) is 29.4. The Morgan fingerprint density at radius 3 is 2.25 bits per heavy atom. The van der Waals surface area contributed by atoms with E-state index in [4.69, 9.17) is 4.74 Å². The summed E-state index contributed by atoms with van der Waals surface area (Å²) >= 11 is 0. The lowest BCUT2D eigenvalue weighted by Crippen LogP contribution is -2.44. The van der Waals surface area contributed by atoms with E-state index in [1.807, 2.05) is 6.92 Å². The molecule has 7 heteroatoms. The van der Waals surface area contributed by atoms with E-state index in [0.29, 0.717) is 18.4 Å². The molecule has 0 bridgehead atoms. The summed E-state index contributed by atoms with van der Waals surface area (Å²) in [6, 6.07) is 6.26. The number of rotatable bonds is 1. The van der Waals surface area contributed by atoms with Gasteiger partial charge in [-0.3, -0.25) is 14.4 Å². The molecule has 3 N–H and O–H groups in total. The number of aliphatic hydroxyl groups excluding tert-OH is 2. The Morgan fingerprint density at radius 1 is 0.875 bits per heavy atom. The quantitative estimate of drug-likeness (QED) is 0.536. The molecule has 1 heterocycles. The Morgan fingerprint density at radius 2 is 1.53 bits per heavy atom. The number of phenols is 1. The zero-order valence-corrected chi connectivity index (χ0v) is 17.8. The number of carbonyl (C=O) groups is 3. The largest absolute Gasteiger partial charge is 0.507 e. The average molecular weight is 436 g/mol. The van der Waals surface area contributed by atoms with E-state index in [0.717, 1.165) is 5.56 Å². The van der Waals surface area contributed by atoms with Crippen molar-refractivity contribution >= 4 is 17.3 Å². The molecule has 0 spiro atoms. The first-order valence-corrected chi connectivity index (χ1v) is 10.8. The van der Waals surface area contributed by atoms with Crippen LogP contribution in [0.5, 0.6) is 5.75 Å². The van der Waals surface area contributed by atoms with E-state index in [9.17, 15) is 29.7 Å². The SMILES string of the molecule is C[C@@H]1CC(=O)c2c(ccc3c2C(=O)c2ccc([C@H]4C[C@@H](O)[C@H](O)[C@@H](C)O4)c(O)c2C3=O)C1. The average Bonchev–Trinajstić information content (AvgIpc) is 2.74. The molecule has 2 aromatic carbocycles. The molecule has 166 valence electrons. The van der Waals surface area contributed by atoms with Crippen LogP contribution < -0.4 is 0 Å². The van der Waals surface area contributed by atoms with Gasteiger partial charge in [0.05, 0.1) is 23.9 Å². The summed E-state index contributed by atoms with van der Waals surface area (Å²) in [5.74, 6) is -1.31. The van der Waals surface area contributed by atoms with Crippen LogP contribution >= 0.6 is 0 Å². The van der Waals surface area contributed by atoms with Crippen LogP contribution in [0, 0.1) is 5.92 Å². The Bertz CT molecular complexity index is 1170. The predicted molar refractivity (Wildman–Crippen MR) is 113 cm³/mol. The second-order valence-electron chi connectivity index (χ2n) is 9.17. The second kappa shape index (κ2) is 7.33. The van der Waals surface area contributed by atoms with Crippen molar-refractivity contribution in [1.29, 1.82) is 0 Å². The number of ether oxygens (including phenoxy) is 1. The number of hydrogen-bond acceptors (Lipinski definition) is 7. The summed E-state index contributed by atoms with van der Waals surface area (Å²) < 4.78 is 5.75. The molecule has 1 saturated heterocycles. The maximum absolute atomic E-state index is 13.4. The summed E-state index contributed by atoms with van der Waals surface area (Å²) in [6.07, 6.45) is -2.48. The zero-order valence-electron chi connectivity index (χ0n) is 17.8. The monoisotopic (exact) mass is 436 g/mol. The molecule has 2 aromatic rings. The van der Waals surface area contributed by atoms with Crippen molar-refractivity contribution in [3.63, 3.8) is 0 Å². The van der Waals surface area contributed by atoms with Gasteiger partial charge in [-0.2, -0.15) is 0 Å². The van der Waals surface area contributed by atoms with Crippen molar-refractivity contribution in [3.05, 3.63) is 63.2 Å². The Kier molecular flexibility index (Phi) is 4.81. The van der Waals surface area contributed by atoms with Crippen LogP contribution in [-0.4, -0.2) is 51.0 Å². The van der Waals surface area contributed by atoms with Crippen LogP contribution in [0.15, 0.2) is 24.3 Å². The van der Waals surface area contributed by atoms with Gasteiger partial charge in [0.25, 0.3) is 0 Å². The highest BCUT2D eigenvalue weighted by Crippen LogP contribution is 2.43. The number of ketones is 3. The van der Waals surface area contributed by atoms with Gasteiger partial charge in [0.2, 0.25) is 0 Å². The maximum atomic E-state index is 13.4. The van der Waals surface area contributed by atoms with Crippen molar-refractivity contribution < 1.29 is 34.4 Å². The maximum Gasteiger partial charge on any atom is 0.198 e. The number of carbonyl (C=O) groups excluding carboxylic acids is 3. The molecular formula is C25H24O7. The van der Waals surface area contributed by atoms with Gasteiger partial charge in [0, 0.05) is 40.7 Å². The van der Waals surface area contributed by atoms with Gasteiger partial charge in [-0.25, -0.2) is 0 Å². The highest BCUT2D eigenvalue weighted by atomic mass is 16.5. The van der Waals surface area contributed by atoms with E-state index >= 15 is 0 Å². The molecule has 1 fully saturated rings. The van der Waals surface area contributed by atoms with Gasteiger partial charge in [-0.15, -0.1) is 0 Å². The van der Waals surface area contributed by atoms with E-state index in [1.54, 1.807) is 19.1 Å². The van der Waals surface area contributed by atoms with Crippen molar-refractivity contribution in [2.75, 3.05) is 0 Å². The molecule has 0 radical (unpaired) electrons. The van der Waals surface area contributed by atoms with Crippen molar-refractivity contribution in [1.82, 2.24) is 0 Å². The molecule has 0 unspecified atom stereocenters. The number of phenolic OH excluding ortho intramolecular Hbond substituents is 1. The zero-order chi connectivity index (χ0) is 22.9. The molecule has 0 amide bonds. The summed E-state index contributed by atoms with van der Waals surface area (Å²) in [6.45, 7) is 3.59. The Labute approximate surface area is 184 Å². The van der Waals surface area contributed by atoms with Gasteiger partial charge >= 0.3 is 0 Å². The molecule has 0 saturated carbocycles. The fourth-order valence-corrected chi connectivity index (χ4v) is 5.25.